The fourth-order valence-corrected chi connectivity index (χ4v) is 15.6. The topological polar surface area (TPSA) is 130 Å². The Balaban J connectivity index is 0.000000141. The standard InChI is InChI=1S/2C51H31N3O2/c1-3-12-32(13-4-1)33-24-26-34(27-25-33)36-16-9-17-37(30-36)38-28-29-45-43(31-38)47-41(20-11-23-46(47)55-45)50-52-49(35-14-5-2-6-15-35)53-51(54-50)42-21-10-19-40-39-18-7-8-22-44(39)56-48(40)42;1-3-11-32(12-4-1)33-21-23-34(24-22-33)36-15-9-16-37(29-36)38-25-27-46-43(30-38)48-41(18-10-20-47(48)56-46)51-53-49(35-13-5-2-6-14-35)52-50(54-51)39-26-28-45-42(31-39)40-17-7-8-19-44(40)55-45/h2*1-31H. The molecule has 0 aliphatic rings. The molecule has 0 aliphatic carbocycles. The highest BCUT2D eigenvalue weighted by Gasteiger charge is 2.24. The van der Waals surface area contributed by atoms with Crippen molar-refractivity contribution in [2.75, 3.05) is 0 Å². The van der Waals surface area contributed by atoms with Gasteiger partial charge < -0.3 is 17.7 Å². The predicted molar refractivity (Wildman–Crippen MR) is 454 cm³/mol. The summed E-state index contributed by atoms with van der Waals surface area (Å²) < 4.78 is 25.5. The van der Waals surface area contributed by atoms with E-state index in [1.807, 2.05) is 158 Å². The molecule has 0 saturated heterocycles. The first kappa shape index (κ1) is 65.1. The highest BCUT2D eigenvalue weighted by molar-refractivity contribution is 6.15. The largest absolute Gasteiger partial charge is 0.456 e. The molecule has 112 heavy (non-hydrogen) atoms. The second-order valence-corrected chi connectivity index (χ2v) is 28.0. The number of nitrogens with zero attached hydrogens (tertiary/aromatic N) is 6. The Morgan fingerprint density at radius 3 is 0.902 bits per heavy atom. The monoisotopic (exact) mass is 1430 g/mol. The van der Waals surface area contributed by atoms with Crippen LogP contribution in [0.15, 0.2) is 394 Å². The fraction of sp³-hybridized carbons (Fsp3) is 0. The Hall–Kier alpha value is -15.3. The zero-order chi connectivity index (χ0) is 74.0. The van der Waals surface area contributed by atoms with Gasteiger partial charge in [-0.25, -0.2) is 29.9 Å². The number of fused-ring (bicyclic) bond motifs is 12. The lowest BCUT2D eigenvalue weighted by atomic mass is 9.96. The summed E-state index contributed by atoms with van der Waals surface area (Å²) in [5.74, 6) is 3.43. The zero-order valence-electron chi connectivity index (χ0n) is 60.1. The molecule has 22 aromatic rings. The van der Waals surface area contributed by atoms with Crippen LogP contribution >= 0.6 is 0 Å². The van der Waals surface area contributed by atoms with E-state index < -0.39 is 0 Å². The van der Waals surface area contributed by atoms with Gasteiger partial charge in [-0.3, -0.25) is 0 Å². The second-order valence-electron chi connectivity index (χ2n) is 28.0. The summed E-state index contributed by atoms with van der Waals surface area (Å²) in [5.41, 5.74) is 25.5. The third-order valence-corrected chi connectivity index (χ3v) is 21.1. The van der Waals surface area contributed by atoms with Crippen LogP contribution in [-0.2, 0) is 0 Å². The van der Waals surface area contributed by atoms with Crippen LogP contribution in [0.2, 0.25) is 0 Å². The Bertz CT molecular complexity index is 7350. The van der Waals surface area contributed by atoms with Crippen molar-refractivity contribution in [2.45, 2.75) is 0 Å². The maximum atomic E-state index is 6.48. The molecule has 0 spiro atoms. The Morgan fingerprint density at radius 2 is 0.411 bits per heavy atom. The third-order valence-electron chi connectivity index (χ3n) is 21.1. The molecule has 10 nitrogen and oxygen atoms in total. The molecule has 0 N–H and O–H groups in total. The molecule has 6 heterocycles. The van der Waals surface area contributed by atoms with Gasteiger partial charge in [0, 0.05) is 70.9 Å². The first-order valence-electron chi connectivity index (χ1n) is 37.3. The van der Waals surface area contributed by atoms with E-state index >= 15 is 0 Å². The van der Waals surface area contributed by atoms with Gasteiger partial charge in [0.1, 0.15) is 44.7 Å². The van der Waals surface area contributed by atoms with Gasteiger partial charge in [0.05, 0.1) is 5.56 Å². The van der Waals surface area contributed by atoms with Gasteiger partial charge in [-0.2, -0.15) is 0 Å². The number of para-hydroxylation sites is 3. The molecule has 0 unspecified atom stereocenters. The summed E-state index contributed by atoms with van der Waals surface area (Å²) in [6, 6.07) is 129. The van der Waals surface area contributed by atoms with Crippen LogP contribution < -0.4 is 0 Å². The van der Waals surface area contributed by atoms with E-state index in [1.54, 1.807) is 0 Å². The molecule has 0 atom stereocenters. The molecular weight excluding hydrogens is 1370 g/mol. The quantitative estimate of drug-likeness (QED) is 0.117. The van der Waals surface area contributed by atoms with Crippen molar-refractivity contribution in [3.63, 3.8) is 0 Å². The summed E-state index contributed by atoms with van der Waals surface area (Å²) in [7, 11) is 0. The Kier molecular flexibility index (Phi) is 16.0. The van der Waals surface area contributed by atoms with Crippen LogP contribution in [0.1, 0.15) is 0 Å². The van der Waals surface area contributed by atoms with Crippen LogP contribution in [0.3, 0.4) is 0 Å². The average Bonchev–Trinajstić information content (AvgIpc) is 1.38. The van der Waals surface area contributed by atoms with Crippen LogP contribution in [0.5, 0.6) is 0 Å². The van der Waals surface area contributed by atoms with E-state index in [1.165, 1.54) is 33.4 Å². The number of aromatic nitrogens is 6. The van der Waals surface area contributed by atoms with E-state index in [0.29, 0.717) is 34.9 Å². The van der Waals surface area contributed by atoms with Gasteiger partial charge in [0.2, 0.25) is 0 Å². The summed E-state index contributed by atoms with van der Waals surface area (Å²) in [4.78, 5) is 30.7. The lowest BCUT2D eigenvalue weighted by Gasteiger charge is -2.10. The SMILES string of the molecule is c1ccc(-c2ccc(-c3cccc(-c4ccc5oc6cccc(-c7nc(-c8ccccc8)nc(-c8ccc9oc%10ccccc%10c9c8)n7)c6c5c4)c3)cc2)cc1.c1ccc(-c2ccc(-c3cccc(-c4ccc5oc6cccc(-c7nc(-c8ccccc8)nc(-c8cccc9c8oc8ccccc89)n7)c6c5c4)c3)cc2)cc1. The maximum absolute atomic E-state index is 6.48. The molecule has 0 aliphatic heterocycles. The summed E-state index contributed by atoms with van der Waals surface area (Å²) in [6.45, 7) is 0. The third kappa shape index (κ3) is 12.0. The lowest BCUT2D eigenvalue weighted by molar-refractivity contribution is 0.668. The van der Waals surface area contributed by atoms with Gasteiger partial charge in [-0.05, 0) is 152 Å². The van der Waals surface area contributed by atoms with Crippen molar-refractivity contribution >= 4 is 87.8 Å². The molecule has 6 aromatic heterocycles. The molecule has 524 valence electrons. The van der Waals surface area contributed by atoms with Gasteiger partial charge in [-0.1, -0.05) is 291 Å². The van der Waals surface area contributed by atoms with Crippen molar-refractivity contribution in [3.8, 4) is 135 Å². The van der Waals surface area contributed by atoms with Crippen molar-refractivity contribution in [3.05, 3.63) is 376 Å². The number of rotatable bonds is 12. The molecule has 0 bridgehead atoms. The number of hydrogen-bond acceptors (Lipinski definition) is 10. The van der Waals surface area contributed by atoms with Gasteiger partial charge in [0.25, 0.3) is 0 Å². The predicted octanol–water partition coefficient (Wildman–Crippen LogP) is 27.3. The molecular formula is C102H62N6O4. The van der Waals surface area contributed by atoms with Gasteiger partial charge in [-0.15, -0.1) is 0 Å². The van der Waals surface area contributed by atoms with E-state index in [0.717, 1.165) is 155 Å². The van der Waals surface area contributed by atoms with Gasteiger partial charge >= 0.3 is 0 Å². The molecule has 0 saturated carbocycles. The van der Waals surface area contributed by atoms with E-state index in [4.69, 9.17) is 47.6 Å². The first-order valence-corrected chi connectivity index (χ1v) is 37.3. The number of benzene rings is 16. The molecule has 0 fully saturated rings. The normalized spacial score (nSPS) is 11.6. The van der Waals surface area contributed by atoms with Crippen LogP contribution in [0, 0.1) is 0 Å². The summed E-state index contributed by atoms with van der Waals surface area (Å²) in [6.07, 6.45) is 0. The summed E-state index contributed by atoms with van der Waals surface area (Å²) >= 11 is 0. The van der Waals surface area contributed by atoms with Crippen molar-refractivity contribution in [1.82, 2.24) is 29.9 Å². The Labute approximate surface area is 642 Å². The van der Waals surface area contributed by atoms with Crippen LogP contribution in [0.4, 0.5) is 0 Å². The molecule has 10 heteroatoms. The minimum atomic E-state index is 0.539. The van der Waals surface area contributed by atoms with Crippen molar-refractivity contribution in [1.29, 1.82) is 0 Å². The second kappa shape index (κ2) is 27.5. The molecule has 16 aromatic carbocycles. The minimum Gasteiger partial charge on any atom is -0.456 e. The molecule has 0 radical (unpaired) electrons. The smallest absolute Gasteiger partial charge is 0.167 e. The average molecular weight is 1440 g/mol. The fourth-order valence-electron chi connectivity index (χ4n) is 15.6. The highest BCUT2D eigenvalue weighted by Crippen LogP contribution is 2.44. The minimum absolute atomic E-state index is 0.539. The molecule has 0 amide bonds. The maximum Gasteiger partial charge on any atom is 0.167 e. The summed E-state index contributed by atoms with van der Waals surface area (Å²) in [5, 5.41) is 8.06. The van der Waals surface area contributed by atoms with Crippen LogP contribution in [-0.4, -0.2) is 29.9 Å². The number of hydrogen-bond donors (Lipinski definition) is 0. The Morgan fingerprint density at radius 1 is 0.143 bits per heavy atom. The van der Waals surface area contributed by atoms with Crippen LogP contribution in [0.25, 0.3) is 223 Å². The van der Waals surface area contributed by atoms with Gasteiger partial charge in [0.15, 0.2) is 34.9 Å². The van der Waals surface area contributed by atoms with Crippen molar-refractivity contribution < 1.29 is 17.7 Å². The molecule has 22 rings (SSSR count). The van der Waals surface area contributed by atoms with E-state index in [9.17, 15) is 0 Å². The lowest BCUT2D eigenvalue weighted by Crippen LogP contribution is -2.00. The number of furan rings is 4. The van der Waals surface area contributed by atoms with Crippen molar-refractivity contribution in [2.24, 2.45) is 0 Å². The highest BCUT2D eigenvalue weighted by atomic mass is 16.3. The zero-order valence-corrected chi connectivity index (χ0v) is 60.1. The van der Waals surface area contributed by atoms with E-state index in [-0.39, 0.29) is 0 Å². The van der Waals surface area contributed by atoms with E-state index in [2.05, 4.69) is 218 Å². The first-order chi connectivity index (χ1) is 55.4.